The first kappa shape index (κ1) is 21.1. The van der Waals surface area contributed by atoms with Gasteiger partial charge in [0.1, 0.15) is 5.82 Å². The molecule has 2 heterocycles. The number of nitrogens with zero attached hydrogens (tertiary/aromatic N) is 4. The average Bonchev–Trinajstić information content (AvgIpc) is 2.80. The minimum atomic E-state index is -0.169. The van der Waals surface area contributed by atoms with Crippen LogP contribution >= 0.6 is 11.6 Å². The first-order chi connectivity index (χ1) is 14.9. The van der Waals surface area contributed by atoms with E-state index in [1.165, 1.54) is 10.2 Å². The zero-order chi connectivity index (χ0) is 22.0. The van der Waals surface area contributed by atoms with Crippen LogP contribution in [0.4, 0.5) is 5.82 Å². The highest BCUT2D eigenvalue weighted by molar-refractivity contribution is 6.30. The van der Waals surface area contributed by atoms with Crippen LogP contribution in [0, 0.1) is 0 Å². The lowest BCUT2D eigenvalue weighted by Gasteiger charge is -2.35. The molecule has 1 amide bonds. The zero-order valence-corrected chi connectivity index (χ0v) is 18.4. The summed E-state index contributed by atoms with van der Waals surface area (Å²) in [6, 6.07) is 18.2. The molecule has 0 spiro atoms. The third-order valence-corrected chi connectivity index (χ3v) is 5.82. The van der Waals surface area contributed by atoms with Crippen molar-refractivity contribution < 1.29 is 4.79 Å². The Balaban J connectivity index is 1.47. The van der Waals surface area contributed by atoms with Crippen LogP contribution in [-0.4, -0.2) is 46.8 Å². The minimum Gasteiger partial charge on any atom is -0.352 e. The largest absolute Gasteiger partial charge is 0.352 e. The van der Waals surface area contributed by atoms with Crippen molar-refractivity contribution in [2.45, 2.75) is 19.8 Å². The van der Waals surface area contributed by atoms with Crippen LogP contribution in [0.15, 0.2) is 65.5 Å². The van der Waals surface area contributed by atoms with Gasteiger partial charge in [0.25, 0.3) is 11.5 Å². The molecule has 0 atom stereocenters. The molecule has 31 heavy (non-hydrogen) atoms. The Morgan fingerprint density at radius 3 is 2.16 bits per heavy atom. The molecule has 2 aromatic carbocycles. The molecule has 0 saturated carbocycles. The van der Waals surface area contributed by atoms with Gasteiger partial charge in [-0.25, -0.2) is 0 Å². The number of halogens is 1. The molecule has 7 heteroatoms. The zero-order valence-electron chi connectivity index (χ0n) is 17.7. The molecule has 1 aliphatic rings. The van der Waals surface area contributed by atoms with Gasteiger partial charge in [-0.3, -0.25) is 9.59 Å². The van der Waals surface area contributed by atoms with E-state index in [1.807, 2.05) is 29.2 Å². The second-order valence-corrected chi connectivity index (χ2v) is 8.41. The van der Waals surface area contributed by atoms with Crippen molar-refractivity contribution in [3.63, 3.8) is 0 Å². The predicted molar refractivity (Wildman–Crippen MR) is 123 cm³/mol. The molecular weight excluding hydrogens is 412 g/mol. The third-order valence-electron chi connectivity index (χ3n) is 5.57. The van der Waals surface area contributed by atoms with Crippen LogP contribution in [0.2, 0.25) is 5.02 Å². The summed E-state index contributed by atoms with van der Waals surface area (Å²) in [7, 11) is 0. The van der Waals surface area contributed by atoms with Crippen LogP contribution in [0.25, 0.3) is 5.69 Å². The van der Waals surface area contributed by atoms with Crippen LogP contribution in [-0.2, 0) is 0 Å². The molecule has 3 aromatic rings. The van der Waals surface area contributed by atoms with E-state index >= 15 is 0 Å². The monoisotopic (exact) mass is 436 g/mol. The van der Waals surface area contributed by atoms with Gasteiger partial charge >= 0.3 is 0 Å². The summed E-state index contributed by atoms with van der Waals surface area (Å²) in [5.74, 6) is 1.16. The molecule has 1 fully saturated rings. The van der Waals surface area contributed by atoms with E-state index in [4.69, 9.17) is 11.6 Å². The number of hydrogen-bond donors (Lipinski definition) is 0. The fourth-order valence-corrected chi connectivity index (χ4v) is 3.80. The van der Waals surface area contributed by atoms with Gasteiger partial charge in [-0.15, -0.1) is 5.10 Å². The third kappa shape index (κ3) is 4.64. The second-order valence-electron chi connectivity index (χ2n) is 7.97. The van der Waals surface area contributed by atoms with Crippen LogP contribution in [0.5, 0.6) is 0 Å². The molecule has 0 bridgehead atoms. The highest BCUT2D eigenvalue weighted by atomic mass is 35.5. The predicted octanol–water partition coefficient (Wildman–Crippen LogP) is 3.97. The Morgan fingerprint density at radius 1 is 0.903 bits per heavy atom. The van der Waals surface area contributed by atoms with E-state index in [1.54, 1.807) is 36.4 Å². The number of rotatable bonds is 4. The Bertz CT molecular complexity index is 1120. The summed E-state index contributed by atoms with van der Waals surface area (Å²) in [6.45, 7) is 6.75. The molecule has 0 unspecified atom stereocenters. The summed E-state index contributed by atoms with van der Waals surface area (Å²) in [5, 5.41) is 5.20. The number of benzene rings is 2. The lowest BCUT2D eigenvalue weighted by molar-refractivity contribution is 0.0746. The number of carbonyl (C=O) groups excluding carboxylic acids is 1. The summed E-state index contributed by atoms with van der Waals surface area (Å²) in [5.41, 5.74) is 2.43. The maximum atomic E-state index is 12.7. The second kappa shape index (κ2) is 8.94. The number of amides is 1. The molecule has 0 aliphatic carbocycles. The normalized spacial score (nSPS) is 14.2. The van der Waals surface area contributed by atoms with E-state index < -0.39 is 0 Å². The van der Waals surface area contributed by atoms with Crippen molar-refractivity contribution in [2.24, 2.45) is 0 Å². The topological polar surface area (TPSA) is 58.4 Å². The summed E-state index contributed by atoms with van der Waals surface area (Å²) >= 11 is 5.92. The summed E-state index contributed by atoms with van der Waals surface area (Å²) in [6.07, 6.45) is 0. The van der Waals surface area contributed by atoms with Gasteiger partial charge in [0.15, 0.2) is 0 Å². The molecule has 1 saturated heterocycles. The lowest BCUT2D eigenvalue weighted by atomic mass is 10.0. The highest BCUT2D eigenvalue weighted by Crippen LogP contribution is 2.18. The molecule has 0 radical (unpaired) electrons. The van der Waals surface area contributed by atoms with E-state index in [9.17, 15) is 9.59 Å². The Labute approximate surface area is 186 Å². The maximum absolute atomic E-state index is 12.7. The fourth-order valence-electron chi connectivity index (χ4n) is 3.67. The van der Waals surface area contributed by atoms with Crippen LogP contribution < -0.4 is 10.5 Å². The summed E-state index contributed by atoms with van der Waals surface area (Å²) < 4.78 is 1.44. The van der Waals surface area contributed by atoms with Gasteiger partial charge in [-0.1, -0.05) is 37.6 Å². The quantitative estimate of drug-likeness (QED) is 0.621. The van der Waals surface area contributed by atoms with Gasteiger partial charge in [0, 0.05) is 42.8 Å². The summed E-state index contributed by atoms with van der Waals surface area (Å²) in [4.78, 5) is 29.1. The van der Waals surface area contributed by atoms with E-state index in [-0.39, 0.29) is 11.5 Å². The molecule has 160 valence electrons. The van der Waals surface area contributed by atoms with Gasteiger partial charge in [-0.2, -0.15) is 4.68 Å². The molecule has 1 aromatic heterocycles. The smallest absolute Gasteiger partial charge is 0.271 e. The van der Waals surface area contributed by atoms with Gasteiger partial charge in [0.2, 0.25) is 0 Å². The van der Waals surface area contributed by atoms with Crippen molar-refractivity contribution >= 4 is 23.3 Å². The number of hydrogen-bond acceptors (Lipinski definition) is 4. The first-order valence-corrected chi connectivity index (χ1v) is 10.8. The van der Waals surface area contributed by atoms with Crippen molar-refractivity contribution in [1.29, 1.82) is 0 Å². The van der Waals surface area contributed by atoms with Crippen molar-refractivity contribution in [1.82, 2.24) is 14.7 Å². The molecular formula is C24H25ClN4O2. The van der Waals surface area contributed by atoms with E-state index in [0.29, 0.717) is 42.7 Å². The Kier molecular flexibility index (Phi) is 6.09. The SMILES string of the molecule is CC(C)c1ccc(-n2nc(N3CCN(C(=O)c4ccc(Cl)cc4)CC3)ccc2=O)cc1. The average molecular weight is 437 g/mol. The number of carbonyl (C=O) groups is 1. The minimum absolute atomic E-state index is 0.000474. The maximum Gasteiger partial charge on any atom is 0.271 e. The van der Waals surface area contributed by atoms with E-state index in [0.717, 1.165) is 11.5 Å². The molecule has 6 nitrogen and oxygen atoms in total. The van der Waals surface area contributed by atoms with Crippen molar-refractivity contribution in [3.8, 4) is 5.69 Å². The van der Waals surface area contributed by atoms with Crippen molar-refractivity contribution in [3.05, 3.63) is 87.2 Å². The molecule has 0 N–H and O–H groups in total. The van der Waals surface area contributed by atoms with Gasteiger partial charge < -0.3 is 9.80 Å². The Hall–Kier alpha value is -3.12. The van der Waals surface area contributed by atoms with Crippen LogP contribution in [0.3, 0.4) is 0 Å². The number of aromatic nitrogens is 2. The van der Waals surface area contributed by atoms with Crippen LogP contribution in [0.1, 0.15) is 35.7 Å². The highest BCUT2D eigenvalue weighted by Gasteiger charge is 2.23. The molecule has 1 aliphatic heterocycles. The van der Waals surface area contributed by atoms with Gasteiger partial charge in [0.05, 0.1) is 5.69 Å². The van der Waals surface area contributed by atoms with E-state index in [2.05, 4.69) is 23.8 Å². The molecule has 4 rings (SSSR count). The lowest BCUT2D eigenvalue weighted by Crippen LogP contribution is -2.49. The first-order valence-electron chi connectivity index (χ1n) is 10.4. The number of anilines is 1. The Morgan fingerprint density at radius 2 is 1.55 bits per heavy atom. The standard InChI is InChI=1S/C24H25ClN4O2/c1-17(2)18-5-9-21(10-6-18)29-23(30)12-11-22(26-29)27-13-15-28(16-14-27)24(31)19-3-7-20(25)8-4-19/h3-12,17H,13-16H2,1-2H3. The van der Waals surface area contributed by atoms with Crippen molar-refractivity contribution in [2.75, 3.05) is 31.1 Å². The van der Waals surface area contributed by atoms with Gasteiger partial charge in [-0.05, 0) is 53.9 Å². The fraction of sp³-hybridized carbons (Fsp3) is 0.292. The number of piperazine rings is 1.